The maximum atomic E-state index is 11.9. The van der Waals surface area contributed by atoms with Gasteiger partial charge in [-0.1, -0.05) is 0 Å². The number of hydrogen-bond acceptors (Lipinski definition) is 3. The number of thiocarbonyl (C=S) groups is 1. The summed E-state index contributed by atoms with van der Waals surface area (Å²) in [6.07, 6.45) is 8.09. The minimum absolute atomic E-state index is 0.207. The van der Waals surface area contributed by atoms with E-state index in [9.17, 15) is 4.79 Å². The predicted molar refractivity (Wildman–Crippen MR) is 104 cm³/mol. The van der Waals surface area contributed by atoms with Gasteiger partial charge in [-0.05, 0) is 55.7 Å². The lowest BCUT2D eigenvalue weighted by Gasteiger charge is -2.19. The van der Waals surface area contributed by atoms with Crippen molar-refractivity contribution in [3.8, 4) is 0 Å². The molecule has 1 fully saturated rings. The zero-order valence-corrected chi connectivity index (χ0v) is 15.2. The van der Waals surface area contributed by atoms with Gasteiger partial charge in [0.05, 0.1) is 6.33 Å². The predicted octanol–water partition coefficient (Wildman–Crippen LogP) is 2.70. The van der Waals surface area contributed by atoms with Gasteiger partial charge < -0.3 is 20.1 Å². The molecule has 1 saturated heterocycles. The summed E-state index contributed by atoms with van der Waals surface area (Å²) >= 11 is 5.35. The van der Waals surface area contributed by atoms with Gasteiger partial charge >= 0.3 is 0 Å². The molecule has 0 atom stereocenters. The minimum atomic E-state index is 0.207. The van der Waals surface area contributed by atoms with E-state index in [2.05, 4.69) is 15.6 Å². The third-order valence-electron chi connectivity index (χ3n) is 4.26. The molecule has 0 radical (unpaired) electrons. The lowest BCUT2D eigenvalue weighted by molar-refractivity contribution is -0.117. The van der Waals surface area contributed by atoms with Crippen LogP contribution in [0, 0.1) is 6.92 Å². The molecule has 0 spiro atoms. The van der Waals surface area contributed by atoms with Gasteiger partial charge in [-0.25, -0.2) is 4.98 Å². The number of aromatic nitrogens is 2. The monoisotopic (exact) mass is 357 g/mol. The van der Waals surface area contributed by atoms with E-state index in [1.54, 1.807) is 6.20 Å². The zero-order chi connectivity index (χ0) is 17.6. The van der Waals surface area contributed by atoms with E-state index in [0.29, 0.717) is 11.5 Å². The summed E-state index contributed by atoms with van der Waals surface area (Å²) in [4.78, 5) is 17.8. The topological polar surface area (TPSA) is 62.2 Å². The second-order valence-corrected chi connectivity index (χ2v) is 6.59. The Morgan fingerprint density at radius 1 is 1.40 bits per heavy atom. The number of aryl methyl sites for hydroxylation is 2. The Kier molecular flexibility index (Phi) is 5.65. The lowest BCUT2D eigenvalue weighted by atomic mass is 10.1. The standard InChI is InChI=1S/C18H23N5OS/c1-14-12-15(5-6-16(14)23-10-2-4-17(23)24)21-18(25)20-7-3-9-22-11-8-19-13-22/h5-6,8,11-13H,2-4,7,9-10H2,1H3,(H2,20,21,25). The Morgan fingerprint density at radius 3 is 2.96 bits per heavy atom. The van der Waals surface area contributed by atoms with Gasteiger partial charge in [0, 0.05) is 49.8 Å². The molecule has 1 aromatic carbocycles. The molecule has 132 valence electrons. The van der Waals surface area contributed by atoms with Crippen molar-refractivity contribution >= 4 is 34.6 Å². The summed E-state index contributed by atoms with van der Waals surface area (Å²) in [5.41, 5.74) is 3.00. The van der Waals surface area contributed by atoms with E-state index in [4.69, 9.17) is 12.2 Å². The van der Waals surface area contributed by atoms with Crippen LogP contribution < -0.4 is 15.5 Å². The number of nitrogens with zero attached hydrogens (tertiary/aromatic N) is 3. The molecule has 0 bridgehead atoms. The fourth-order valence-corrected chi connectivity index (χ4v) is 3.22. The number of nitrogens with one attached hydrogen (secondary N) is 2. The minimum Gasteiger partial charge on any atom is -0.362 e. The van der Waals surface area contributed by atoms with E-state index in [1.165, 1.54) is 0 Å². The highest BCUT2D eigenvalue weighted by Gasteiger charge is 2.22. The van der Waals surface area contributed by atoms with Crippen LogP contribution in [-0.4, -0.2) is 33.7 Å². The first kappa shape index (κ1) is 17.4. The quantitative estimate of drug-likeness (QED) is 0.615. The fraction of sp³-hybridized carbons (Fsp3) is 0.389. The Balaban J connectivity index is 1.48. The summed E-state index contributed by atoms with van der Waals surface area (Å²) in [6.45, 7) is 4.54. The molecule has 2 N–H and O–H groups in total. The second-order valence-electron chi connectivity index (χ2n) is 6.19. The molecule has 7 heteroatoms. The van der Waals surface area contributed by atoms with E-state index >= 15 is 0 Å². The Labute approximate surface area is 153 Å². The number of amides is 1. The van der Waals surface area contributed by atoms with Gasteiger partial charge in [-0.3, -0.25) is 4.79 Å². The summed E-state index contributed by atoms with van der Waals surface area (Å²) in [5, 5.41) is 7.02. The normalized spacial score (nSPS) is 14.0. The van der Waals surface area contributed by atoms with Crippen molar-refractivity contribution in [3.63, 3.8) is 0 Å². The van der Waals surface area contributed by atoms with Crippen LogP contribution in [0.4, 0.5) is 11.4 Å². The first-order valence-electron chi connectivity index (χ1n) is 8.55. The van der Waals surface area contributed by atoms with Crippen LogP contribution in [0.2, 0.25) is 0 Å². The number of hydrogen-bond donors (Lipinski definition) is 2. The highest BCUT2D eigenvalue weighted by Crippen LogP contribution is 2.27. The van der Waals surface area contributed by atoms with Crippen LogP contribution in [0.25, 0.3) is 0 Å². The van der Waals surface area contributed by atoms with Gasteiger partial charge in [-0.2, -0.15) is 0 Å². The van der Waals surface area contributed by atoms with Gasteiger partial charge in [0.1, 0.15) is 0 Å². The molecule has 1 aromatic heterocycles. The third kappa shape index (κ3) is 4.57. The van der Waals surface area contributed by atoms with Crippen molar-refractivity contribution in [1.29, 1.82) is 0 Å². The van der Waals surface area contributed by atoms with Crippen LogP contribution in [0.15, 0.2) is 36.9 Å². The first-order valence-corrected chi connectivity index (χ1v) is 8.96. The lowest BCUT2D eigenvalue weighted by Crippen LogP contribution is -2.30. The van der Waals surface area contributed by atoms with Gasteiger partial charge in [0.2, 0.25) is 5.91 Å². The Hall–Kier alpha value is -2.41. The fourth-order valence-electron chi connectivity index (χ4n) is 3.00. The number of benzene rings is 1. The smallest absolute Gasteiger partial charge is 0.227 e. The molecule has 0 aliphatic carbocycles. The molecule has 2 heterocycles. The molecule has 1 aliphatic rings. The van der Waals surface area contributed by atoms with Crippen LogP contribution in [0.3, 0.4) is 0 Å². The van der Waals surface area contributed by atoms with Crippen LogP contribution >= 0.6 is 12.2 Å². The first-order chi connectivity index (χ1) is 12.1. The molecule has 2 aromatic rings. The maximum absolute atomic E-state index is 11.9. The van der Waals surface area contributed by atoms with Crippen LogP contribution in [0.1, 0.15) is 24.8 Å². The SMILES string of the molecule is Cc1cc(NC(=S)NCCCn2ccnc2)ccc1N1CCCC1=O. The highest BCUT2D eigenvalue weighted by molar-refractivity contribution is 7.80. The average Bonchev–Trinajstić information content (AvgIpc) is 3.24. The number of carbonyl (C=O) groups excluding carboxylic acids is 1. The van der Waals surface area contributed by atoms with E-state index in [-0.39, 0.29) is 5.91 Å². The Morgan fingerprint density at radius 2 is 2.28 bits per heavy atom. The van der Waals surface area contributed by atoms with E-state index in [1.807, 2.05) is 47.1 Å². The largest absolute Gasteiger partial charge is 0.362 e. The van der Waals surface area contributed by atoms with Crippen molar-refractivity contribution < 1.29 is 4.79 Å². The van der Waals surface area contributed by atoms with E-state index in [0.717, 1.165) is 49.4 Å². The molecule has 3 rings (SSSR count). The van der Waals surface area contributed by atoms with E-state index < -0.39 is 0 Å². The average molecular weight is 357 g/mol. The zero-order valence-electron chi connectivity index (χ0n) is 14.4. The molecule has 1 amide bonds. The Bertz CT molecular complexity index is 744. The van der Waals surface area contributed by atoms with Crippen LogP contribution in [0.5, 0.6) is 0 Å². The number of imidazole rings is 1. The van der Waals surface area contributed by atoms with Crippen molar-refractivity contribution in [3.05, 3.63) is 42.5 Å². The van der Waals surface area contributed by atoms with Gasteiger partial charge in [0.15, 0.2) is 5.11 Å². The summed E-state index contributed by atoms with van der Waals surface area (Å²) in [7, 11) is 0. The summed E-state index contributed by atoms with van der Waals surface area (Å²) in [5.74, 6) is 0.207. The third-order valence-corrected chi connectivity index (χ3v) is 4.50. The molecule has 6 nitrogen and oxygen atoms in total. The maximum Gasteiger partial charge on any atom is 0.227 e. The van der Waals surface area contributed by atoms with Crippen molar-refractivity contribution in [1.82, 2.24) is 14.9 Å². The van der Waals surface area contributed by atoms with Crippen molar-refractivity contribution in [2.75, 3.05) is 23.3 Å². The molecule has 1 aliphatic heterocycles. The number of anilines is 2. The van der Waals surface area contributed by atoms with Crippen LogP contribution in [-0.2, 0) is 11.3 Å². The molecule has 0 unspecified atom stereocenters. The number of carbonyl (C=O) groups is 1. The van der Waals surface area contributed by atoms with Gasteiger partial charge in [-0.15, -0.1) is 0 Å². The molecular weight excluding hydrogens is 334 g/mol. The van der Waals surface area contributed by atoms with Crippen molar-refractivity contribution in [2.24, 2.45) is 0 Å². The van der Waals surface area contributed by atoms with Crippen molar-refractivity contribution in [2.45, 2.75) is 32.7 Å². The molecule has 25 heavy (non-hydrogen) atoms. The second kappa shape index (κ2) is 8.11. The highest BCUT2D eigenvalue weighted by atomic mass is 32.1. The molecule has 0 saturated carbocycles. The summed E-state index contributed by atoms with van der Waals surface area (Å²) < 4.78 is 2.04. The van der Waals surface area contributed by atoms with Gasteiger partial charge in [0.25, 0.3) is 0 Å². The number of rotatable bonds is 6. The molecular formula is C18H23N5OS. The summed E-state index contributed by atoms with van der Waals surface area (Å²) in [6, 6.07) is 5.98.